The molecule has 1 unspecified atom stereocenters. The molecule has 2 heterocycles. The molecule has 1 N–H and O–H groups in total. The van der Waals surface area contributed by atoms with E-state index in [0.29, 0.717) is 6.04 Å². The molecule has 2 rings (SSSR count). The van der Waals surface area contributed by atoms with E-state index in [2.05, 4.69) is 35.2 Å². The number of nitrogens with zero attached hydrogens (tertiary/aromatic N) is 2. The maximum Gasteiger partial charge on any atom is 0.126 e. The van der Waals surface area contributed by atoms with Crippen molar-refractivity contribution in [3.63, 3.8) is 0 Å². The quantitative estimate of drug-likeness (QED) is 0.799. The van der Waals surface area contributed by atoms with Crippen molar-refractivity contribution >= 4 is 5.82 Å². The first-order valence-corrected chi connectivity index (χ1v) is 5.62. The van der Waals surface area contributed by atoms with Crippen LogP contribution in [0.2, 0.25) is 0 Å². The first-order chi connectivity index (χ1) is 7.24. The van der Waals surface area contributed by atoms with E-state index in [1.165, 1.54) is 24.9 Å². The van der Waals surface area contributed by atoms with Crippen LogP contribution < -0.4 is 5.32 Å². The zero-order valence-corrected chi connectivity index (χ0v) is 9.53. The highest BCUT2D eigenvalue weighted by Crippen LogP contribution is 2.14. The average Bonchev–Trinajstić information content (AvgIpc) is 2.17. The van der Waals surface area contributed by atoms with Crippen LogP contribution in [0, 0.1) is 6.92 Å². The van der Waals surface area contributed by atoms with Gasteiger partial charge in [-0.25, -0.2) is 4.98 Å². The van der Waals surface area contributed by atoms with Gasteiger partial charge in [0.05, 0.1) is 0 Å². The molecule has 82 valence electrons. The third-order valence-electron chi connectivity index (χ3n) is 2.89. The van der Waals surface area contributed by atoms with Gasteiger partial charge in [-0.05, 0) is 51.1 Å². The zero-order valence-electron chi connectivity index (χ0n) is 9.53. The molecule has 1 aromatic heterocycles. The zero-order chi connectivity index (χ0) is 10.7. The van der Waals surface area contributed by atoms with Crippen LogP contribution in [0.25, 0.3) is 0 Å². The van der Waals surface area contributed by atoms with Gasteiger partial charge in [0, 0.05) is 18.8 Å². The van der Waals surface area contributed by atoms with Crippen molar-refractivity contribution in [3.05, 3.63) is 23.9 Å². The Labute approximate surface area is 91.5 Å². The Bertz CT molecular complexity index is 324. The second-order valence-electron chi connectivity index (χ2n) is 4.46. The fourth-order valence-corrected chi connectivity index (χ4v) is 2.11. The van der Waals surface area contributed by atoms with Crippen molar-refractivity contribution in [2.75, 3.05) is 25.5 Å². The Hall–Kier alpha value is -1.09. The molecule has 1 aliphatic rings. The fraction of sp³-hybridized carbons (Fsp3) is 0.583. The first-order valence-electron chi connectivity index (χ1n) is 5.62. The molecule has 0 aliphatic carbocycles. The summed E-state index contributed by atoms with van der Waals surface area (Å²) in [6, 6.07) is 4.69. The maximum atomic E-state index is 4.33. The van der Waals surface area contributed by atoms with Gasteiger partial charge in [0.1, 0.15) is 5.82 Å². The number of anilines is 1. The Morgan fingerprint density at radius 3 is 3.13 bits per heavy atom. The van der Waals surface area contributed by atoms with Crippen molar-refractivity contribution in [2.45, 2.75) is 25.8 Å². The van der Waals surface area contributed by atoms with Crippen LogP contribution in [0.4, 0.5) is 5.82 Å². The van der Waals surface area contributed by atoms with Gasteiger partial charge in [-0.2, -0.15) is 0 Å². The monoisotopic (exact) mass is 205 g/mol. The van der Waals surface area contributed by atoms with Gasteiger partial charge in [0.15, 0.2) is 0 Å². The SMILES string of the molecule is Cc1ccnc(NC2CCCN(C)C2)c1. The summed E-state index contributed by atoms with van der Waals surface area (Å²) in [6.07, 6.45) is 4.39. The van der Waals surface area contributed by atoms with Crippen LogP contribution in [0.1, 0.15) is 18.4 Å². The van der Waals surface area contributed by atoms with Crippen molar-refractivity contribution in [2.24, 2.45) is 0 Å². The van der Waals surface area contributed by atoms with Crippen LogP contribution in [-0.2, 0) is 0 Å². The summed E-state index contributed by atoms with van der Waals surface area (Å²) in [6.45, 7) is 4.44. The molecule has 1 aliphatic heterocycles. The average molecular weight is 205 g/mol. The van der Waals surface area contributed by atoms with E-state index in [-0.39, 0.29) is 0 Å². The molecule has 0 radical (unpaired) electrons. The van der Waals surface area contributed by atoms with Gasteiger partial charge in [-0.1, -0.05) is 0 Å². The molecule has 3 nitrogen and oxygen atoms in total. The number of piperidine rings is 1. The Balaban J connectivity index is 1.96. The van der Waals surface area contributed by atoms with Crippen LogP contribution in [-0.4, -0.2) is 36.1 Å². The lowest BCUT2D eigenvalue weighted by Gasteiger charge is -2.30. The standard InChI is InChI=1S/C12H19N3/c1-10-5-6-13-12(8-10)14-11-4-3-7-15(2)9-11/h5-6,8,11H,3-4,7,9H2,1-2H3,(H,13,14). The van der Waals surface area contributed by atoms with Crippen LogP contribution in [0.5, 0.6) is 0 Å². The third kappa shape index (κ3) is 2.93. The number of nitrogens with one attached hydrogen (secondary N) is 1. The van der Waals surface area contributed by atoms with E-state index < -0.39 is 0 Å². The molecule has 1 atom stereocenters. The second kappa shape index (κ2) is 4.62. The smallest absolute Gasteiger partial charge is 0.126 e. The van der Waals surface area contributed by atoms with Crippen molar-refractivity contribution in [3.8, 4) is 0 Å². The van der Waals surface area contributed by atoms with Gasteiger partial charge in [0.2, 0.25) is 0 Å². The summed E-state index contributed by atoms with van der Waals surface area (Å²) in [5, 5.41) is 3.50. The van der Waals surface area contributed by atoms with Gasteiger partial charge in [-0.3, -0.25) is 0 Å². The van der Waals surface area contributed by atoms with Gasteiger partial charge < -0.3 is 10.2 Å². The summed E-state index contributed by atoms with van der Waals surface area (Å²) in [5.74, 6) is 1.01. The highest BCUT2D eigenvalue weighted by molar-refractivity contribution is 5.38. The topological polar surface area (TPSA) is 28.2 Å². The van der Waals surface area contributed by atoms with Gasteiger partial charge in [0.25, 0.3) is 0 Å². The van der Waals surface area contributed by atoms with E-state index in [0.717, 1.165) is 12.4 Å². The molecule has 0 amide bonds. The maximum absolute atomic E-state index is 4.33. The van der Waals surface area contributed by atoms with Gasteiger partial charge >= 0.3 is 0 Å². The van der Waals surface area contributed by atoms with Crippen molar-refractivity contribution in [1.82, 2.24) is 9.88 Å². The summed E-state index contributed by atoms with van der Waals surface area (Å²) in [7, 11) is 2.18. The fourth-order valence-electron chi connectivity index (χ4n) is 2.11. The number of pyridine rings is 1. The molecule has 0 aromatic carbocycles. The van der Waals surface area contributed by atoms with Crippen molar-refractivity contribution < 1.29 is 0 Å². The Morgan fingerprint density at radius 1 is 1.53 bits per heavy atom. The number of hydrogen-bond acceptors (Lipinski definition) is 3. The minimum atomic E-state index is 0.554. The number of likely N-dealkylation sites (N-methyl/N-ethyl adjacent to an activating group) is 1. The van der Waals surface area contributed by atoms with E-state index in [9.17, 15) is 0 Å². The van der Waals surface area contributed by atoms with E-state index in [4.69, 9.17) is 0 Å². The minimum Gasteiger partial charge on any atom is -0.366 e. The van der Waals surface area contributed by atoms with E-state index in [1.54, 1.807) is 0 Å². The molecule has 3 heteroatoms. The lowest BCUT2D eigenvalue weighted by atomic mass is 10.1. The van der Waals surface area contributed by atoms with E-state index in [1.807, 2.05) is 12.3 Å². The predicted molar refractivity (Wildman–Crippen MR) is 63.1 cm³/mol. The lowest BCUT2D eigenvalue weighted by Crippen LogP contribution is -2.39. The number of hydrogen-bond donors (Lipinski definition) is 1. The summed E-state index contributed by atoms with van der Waals surface area (Å²) < 4.78 is 0. The second-order valence-corrected chi connectivity index (χ2v) is 4.46. The Morgan fingerprint density at radius 2 is 2.40 bits per heavy atom. The number of rotatable bonds is 2. The van der Waals surface area contributed by atoms with Crippen LogP contribution in [0.3, 0.4) is 0 Å². The molecule has 0 spiro atoms. The third-order valence-corrected chi connectivity index (χ3v) is 2.89. The summed E-state index contributed by atoms with van der Waals surface area (Å²) in [4.78, 5) is 6.70. The van der Waals surface area contributed by atoms with E-state index >= 15 is 0 Å². The summed E-state index contributed by atoms with van der Waals surface area (Å²) in [5.41, 5.74) is 1.26. The molecule has 1 aromatic rings. The van der Waals surface area contributed by atoms with Crippen LogP contribution in [0.15, 0.2) is 18.3 Å². The van der Waals surface area contributed by atoms with Crippen molar-refractivity contribution in [1.29, 1.82) is 0 Å². The molecular formula is C12H19N3. The lowest BCUT2D eigenvalue weighted by molar-refractivity contribution is 0.261. The summed E-state index contributed by atoms with van der Waals surface area (Å²) >= 11 is 0. The highest BCUT2D eigenvalue weighted by Gasteiger charge is 2.16. The minimum absolute atomic E-state index is 0.554. The Kier molecular flexibility index (Phi) is 3.21. The number of aromatic nitrogens is 1. The number of likely N-dealkylation sites (tertiary alicyclic amines) is 1. The van der Waals surface area contributed by atoms with Gasteiger partial charge in [-0.15, -0.1) is 0 Å². The normalized spacial score (nSPS) is 22.7. The highest BCUT2D eigenvalue weighted by atomic mass is 15.1. The molecular weight excluding hydrogens is 186 g/mol. The molecule has 0 bridgehead atoms. The molecule has 1 fully saturated rings. The molecule has 15 heavy (non-hydrogen) atoms. The first kappa shape index (κ1) is 10.4. The predicted octanol–water partition coefficient (Wildman–Crippen LogP) is 1.90. The molecule has 1 saturated heterocycles. The van der Waals surface area contributed by atoms with Crippen LogP contribution >= 0.6 is 0 Å². The molecule has 0 saturated carbocycles. The largest absolute Gasteiger partial charge is 0.366 e. The number of aryl methyl sites for hydroxylation is 1.